The lowest BCUT2D eigenvalue weighted by Gasteiger charge is -2.18. The van der Waals surface area contributed by atoms with E-state index < -0.39 is 67.0 Å². The first kappa shape index (κ1) is 26.3. The lowest BCUT2D eigenvalue weighted by molar-refractivity contribution is -0.160. The molecule has 2 aromatic rings. The van der Waals surface area contributed by atoms with Crippen molar-refractivity contribution < 1.29 is 54.5 Å². The number of esters is 1. The maximum atomic E-state index is 13.1. The van der Waals surface area contributed by atoms with Crippen LogP contribution >= 0.6 is 0 Å². The minimum absolute atomic E-state index is 0.00923. The number of alkyl halides is 6. The molecule has 0 bridgehead atoms. The zero-order chi connectivity index (χ0) is 24.8. The van der Waals surface area contributed by atoms with Gasteiger partial charge in [-0.25, -0.2) is 9.18 Å². The van der Waals surface area contributed by atoms with Gasteiger partial charge < -0.3 is 14.2 Å². The summed E-state index contributed by atoms with van der Waals surface area (Å²) in [5.74, 6) is -2.35. The zero-order valence-corrected chi connectivity index (χ0v) is 16.9. The van der Waals surface area contributed by atoms with Gasteiger partial charge in [0, 0.05) is 5.56 Å². The summed E-state index contributed by atoms with van der Waals surface area (Å²) >= 11 is 0. The molecule has 0 unspecified atom stereocenters. The average molecular weight is 482 g/mol. The standard InChI is InChI=1S/C21H17F7O5/c1-31-17(29)11-33-19(18(30)13-2-4-16(22)5-3-13)32-7-6-12-8-14(20(23,24)25)10-15(9-12)21(26,27)28/h2-5,8-10,19H,6-7,11H2,1H3/t19-/m0/s1. The first-order valence-electron chi connectivity index (χ1n) is 9.19. The van der Waals surface area contributed by atoms with Gasteiger partial charge in [0.25, 0.3) is 0 Å². The van der Waals surface area contributed by atoms with E-state index in [0.29, 0.717) is 12.1 Å². The molecule has 1 atom stereocenters. The van der Waals surface area contributed by atoms with E-state index in [0.717, 1.165) is 31.4 Å². The fraction of sp³-hybridized carbons (Fsp3) is 0.333. The Labute approximate surface area is 183 Å². The molecule has 180 valence electrons. The molecule has 12 heteroatoms. The second kappa shape index (κ2) is 10.8. The Morgan fingerprint density at radius 2 is 1.42 bits per heavy atom. The van der Waals surface area contributed by atoms with Crippen molar-refractivity contribution in [1.82, 2.24) is 0 Å². The minimum atomic E-state index is -5.01. The number of hydrogen-bond donors (Lipinski definition) is 0. The van der Waals surface area contributed by atoms with E-state index in [4.69, 9.17) is 9.47 Å². The Morgan fingerprint density at radius 1 is 0.879 bits per heavy atom. The molecule has 0 aliphatic heterocycles. The quantitative estimate of drug-likeness (QED) is 0.222. The average Bonchev–Trinajstić information content (AvgIpc) is 2.74. The summed E-state index contributed by atoms with van der Waals surface area (Å²) in [5.41, 5.74) is -3.40. The Balaban J connectivity index is 2.18. The summed E-state index contributed by atoms with van der Waals surface area (Å²) in [6, 6.07) is 5.23. The van der Waals surface area contributed by atoms with Gasteiger partial charge in [0.2, 0.25) is 12.1 Å². The number of methoxy groups -OCH3 is 1. The molecule has 0 aliphatic rings. The van der Waals surface area contributed by atoms with Crippen molar-refractivity contribution >= 4 is 11.8 Å². The molecule has 2 rings (SSSR count). The lowest BCUT2D eigenvalue weighted by Crippen LogP contribution is -2.31. The van der Waals surface area contributed by atoms with Crippen molar-refractivity contribution in [3.8, 4) is 0 Å². The Bertz CT molecular complexity index is 936. The van der Waals surface area contributed by atoms with Gasteiger partial charge in [-0.3, -0.25) is 4.79 Å². The van der Waals surface area contributed by atoms with Crippen LogP contribution in [-0.2, 0) is 37.8 Å². The molecule has 0 spiro atoms. The highest BCUT2D eigenvalue weighted by atomic mass is 19.4. The van der Waals surface area contributed by atoms with E-state index in [1.54, 1.807) is 0 Å². The number of halogens is 7. The van der Waals surface area contributed by atoms with E-state index >= 15 is 0 Å². The molecule has 0 aromatic heterocycles. The fourth-order valence-electron chi connectivity index (χ4n) is 2.60. The SMILES string of the molecule is COC(=O)CO[C@H](OCCc1cc(C(F)(F)F)cc(C(F)(F)F)c1)C(=O)c1ccc(F)cc1. The second-order valence-electron chi connectivity index (χ2n) is 6.63. The molecular formula is C21H17F7O5. The molecule has 5 nitrogen and oxygen atoms in total. The topological polar surface area (TPSA) is 61.8 Å². The van der Waals surface area contributed by atoms with Crippen LogP contribution in [0, 0.1) is 5.82 Å². The van der Waals surface area contributed by atoms with E-state index in [1.165, 1.54) is 0 Å². The molecule has 0 saturated carbocycles. The molecule has 0 fully saturated rings. The number of carbonyl (C=O) groups is 2. The molecule has 2 aromatic carbocycles. The van der Waals surface area contributed by atoms with Gasteiger partial charge in [-0.05, 0) is 54.4 Å². The van der Waals surface area contributed by atoms with E-state index in [1.807, 2.05) is 0 Å². The highest BCUT2D eigenvalue weighted by Gasteiger charge is 2.36. The van der Waals surface area contributed by atoms with Crippen molar-refractivity contribution in [2.24, 2.45) is 0 Å². The predicted molar refractivity (Wildman–Crippen MR) is 98.6 cm³/mol. The maximum absolute atomic E-state index is 13.1. The van der Waals surface area contributed by atoms with Crippen LogP contribution in [0.15, 0.2) is 42.5 Å². The molecule has 0 radical (unpaired) electrons. The van der Waals surface area contributed by atoms with Gasteiger partial charge >= 0.3 is 18.3 Å². The van der Waals surface area contributed by atoms with Crippen LogP contribution < -0.4 is 0 Å². The zero-order valence-electron chi connectivity index (χ0n) is 16.9. The molecule has 0 aliphatic carbocycles. The summed E-state index contributed by atoms with van der Waals surface area (Å²) in [6.07, 6.45) is -12.2. The first-order valence-corrected chi connectivity index (χ1v) is 9.19. The summed E-state index contributed by atoms with van der Waals surface area (Å²) < 4.78 is 106. The summed E-state index contributed by atoms with van der Waals surface area (Å²) in [6.45, 7) is -1.26. The smallest absolute Gasteiger partial charge is 0.416 e. The van der Waals surface area contributed by atoms with Crippen LogP contribution in [-0.4, -0.2) is 38.4 Å². The fourth-order valence-corrected chi connectivity index (χ4v) is 2.60. The Kier molecular flexibility index (Phi) is 8.56. The van der Waals surface area contributed by atoms with E-state index in [2.05, 4.69) is 4.74 Å². The van der Waals surface area contributed by atoms with Crippen LogP contribution in [0.1, 0.15) is 27.0 Å². The van der Waals surface area contributed by atoms with Crippen molar-refractivity contribution in [2.75, 3.05) is 20.3 Å². The third-order valence-corrected chi connectivity index (χ3v) is 4.23. The van der Waals surface area contributed by atoms with Crippen LogP contribution in [0.5, 0.6) is 0 Å². The van der Waals surface area contributed by atoms with Gasteiger partial charge in [-0.15, -0.1) is 0 Å². The van der Waals surface area contributed by atoms with E-state index in [-0.39, 0.29) is 17.2 Å². The number of carbonyl (C=O) groups excluding carboxylic acids is 2. The van der Waals surface area contributed by atoms with Crippen molar-refractivity contribution in [3.63, 3.8) is 0 Å². The number of ketones is 1. The molecule has 33 heavy (non-hydrogen) atoms. The highest BCUT2D eigenvalue weighted by Crippen LogP contribution is 2.36. The minimum Gasteiger partial charge on any atom is -0.467 e. The predicted octanol–water partition coefficient (Wildman–Crippen LogP) is 4.82. The third-order valence-electron chi connectivity index (χ3n) is 4.23. The van der Waals surface area contributed by atoms with Crippen molar-refractivity contribution in [2.45, 2.75) is 25.1 Å². The van der Waals surface area contributed by atoms with Crippen LogP contribution in [0.25, 0.3) is 0 Å². The number of benzene rings is 2. The Morgan fingerprint density at radius 3 is 1.91 bits per heavy atom. The van der Waals surface area contributed by atoms with Crippen LogP contribution in [0.4, 0.5) is 30.7 Å². The van der Waals surface area contributed by atoms with Gasteiger partial charge in [-0.1, -0.05) is 0 Å². The van der Waals surface area contributed by atoms with Crippen molar-refractivity contribution in [1.29, 1.82) is 0 Å². The van der Waals surface area contributed by atoms with Gasteiger partial charge in [-0.2, -0.15) is 26.3 Å². The molecule has 0 heterocycles. The molecule has 0 N–H and O–H groups in total. The van der Waals surface area contributed by atoms with Gasteiger partial charge in [0.05, 0.1) is 24.8 Å². The maximum Gasteiger partial charge on any atom is 0.416 e. The van der Waals surface area contributed by atoms with Crippen LogP contribution in [0.2, 0.25) is 0 Å². The number of ether oxygens (including phenoxy) is 3. The third kappa shape index (κ3) is 7.82. The van der Waals surface area contributed by atoms with Gasteiger partial charge in [0.15, 0.2) is 0 Å². The molecule has 0 amide bonds. The monoisotopic (exact) mass is 482 g/mol. The number of rotatable bonds is 9. The largest absolute Gasteiger partial charge is 0.467 e. The normalized spacial score (nSPS) is 13.0. The summed E-state index contributed by atoms with van der Waals surface area (Å²) in [7, 11) is 1.05. The van der Waals surface area contributed by atoms with Crippen molar-refractivity contribution in [3.05, 3.63) is 70.5 Å². The lowest BCUT2D eigenvalue weighted by atomic mass is 10.0. The second-order valence-corrected chi connectivity index (χ2v) is 6.63. The molecular weight excluding hydrogens is 465 g/mol. The molecule has 0 saturated heterocycles. The van der Waals surface area contributed by atoms with E-state index in [9.17, 15) is 40.3 Å². The Hall–Kier alpha value is -2.99. The van der Waals surface area contributed by atoms with Crippen LogP contribution in [0.3, 0.4) is 0 Å². The summed E-state index contributed by atoms with van der Waals surface area (Å²) in [4.78, 5) is 23.8. The first-order chi connectivity index (χ1) is 15.3. The highest BCUT2D eigenvalue weighted by molar-refractivity contribution is 5.98. The number of hydrogen-bond acceptors (Lipinski definition) is 5. The summed E-state index contributed by atoms with van der Waals surface area (Å²) in [5, 5.41) is 0. The van der Waals surface area contributed by atoms with Gasteiger partial charge in [0.1, 0.15) is 12.4 Å². The number of Topliss-reactive ketones (excluding diaryl/α,β-unsaturated/α-hetero) is 1.